The number of hydrogen-bond acceptors (Lipinski definition) is 7. The molecule has 10 aromatic carbocycles. The van der Waals surface area contributed by atoms with Gasteiger partial charge in [-0.2, -0.15) is 0 Å². The van der Waals surface area contributed by atoms with E-state index in [-0.39, 0.29) is 0 Å². The van der Waals surface area contributed by atoms with E-state index in [4.69, 9.17) is 19.0 Å². The van der Waals surface area contributed by atoms with E-state index in [2.05, 4.69) is 191 Å². The Labute approximate surface area is 432 Å². The van der Waals surface area contributed by atoms with E-state index in [0.29, 0.717) is 11.8 Å². The van der Waals surface area contributed by atoms with Gasteiger partial charge in [-0.05, 0) is 110 Å². The summed E-state index contributed by atoms with van der Waals surface area (Å²) in [5, 5.41) is 18.6. The Morgan fingerprint density at radius 1 is 0.240 bits per heavy atom. The van der Waals surface area contributed by atoms with Gasteiger partial charge >= 0.3 is 0 Å². The molecule has 12 aromatic rings. The third kappa shape index (κ3) is 5.86. The van der Waals surface area contributed by atoms with Gasteiger partial charge in [0.25, 0.3) is 0 Å². The SMILES string of the molecule is c1ccc(-c2ccc(-c3ccc4c(c3)Oc3cc(-c5cccc(-c6nnc(-c7ccc8c(c7)Oc7ccccc7C87c8ccccc8-c8ccccc87)o6)c5)ccc3C43c4ccccc4-c4ccccc43)nn2)cc1. The molecule has 7 heteroatoms. The highest BCUT2D eigenvalue weighted by molar-refractivity contribution is 5.91. The van der Waals surface area contributed by atoms with Crippen molar-refractivity contribution in [3.8, 4) is 102 Å². The Morgan fingerprint density at radius 3 is 1.17 bits per heavy atom. The number of para-hydroxylation sites is 1. The molecule has 16 rings (SSSR count). The Hall–Kier alpha value is -9.98. The standard InChI is InChI=1S/C68H40N4O3/c1-2-15-41(16-3-1)59-35-36-60(70-69-59)44-30-33-57-63(39-44)74-62-38-43(29-32-56(62)68(57)53-25-10-6-21-49(53)50-22-7-11-26-54(50)68)42-17-14-18-45(37-42)65-71-72-66(75-65)46-31-34-58-64(40-46)73-61-28-13-12-27-55(61)67(58)51-23-8-4-19-47(51)48-20-5-9-24-52(48)67/h1-40H. The minimum Gasteiger partial charge on any atom is -0.457 e. The highest BCUT2D eigenvalue weighted by atomic mass is 16.5. The molecule has 2 aromatic heterocycles. The molecule has 2 spiro atoms. The second-order valence-corrected chi connectivity index (χ2v) is 19.7. The summed E-state index contributed by atoms with van der Waals surface area (Å²) in [7, 11) is 0. The molecule has 0 N–H and O–H groups in total. The zero-order valence-corrected chi connectivity index (χ0v) is 40.1. The maximum atomic E-state index is 7.10. The van der Waals surface area contributed by atoms with Crippen molar-refractivity contribution in [2.45, 2.75) is 10.8 Å². The lowest BCUT2D eigenvalue weighted by atomic mass is 9.66. The van der Waals surface area contributed by atoms with Crippen molar-refractivity contribution in [1.29, 1.82) is 0 Å². The average molecular weight is 961 g/mol. The summed E-state index contributed by atoms with van der Waals surface area (Å²) in [6.07, 6.45) is 0. The molecular weight excluding hydrogens is 921 g/mol. The van der Waals surface area contributed by atoms with Crippen molar-refractivity contribution in [2.75, 3.05) is 0 Å². The van der Waals surface area contributed by atoms with Crippen LogP contribution in [0.5, 0.6) is 23.0 Å². The van der Waals surface area contributed by atoms with Gasteiger partial charge in [0.2, 0.25) is 11.8 Å². The Morgan fingerprint density at radius 2 is 0.613 bits per heavy atom. The van der Waals surface area contributed by atoms with Crippen LogP contribution in [0.3, 0.4) is 0 Å². The zero-order chi connectivity index (χ0) is 49.2. The number of benzene rings is 10. The molecule has 350 valence electrons. The van der Waals surface area contributed by atoms with Gasteiger partial charge in [0, 0.05) is 44.5 Å². The van der Waals surface area contributed by atoms with Crippen LogP contribution in [-0.2, 0) is 10.8 Å². The summed E-state index contributed by atoms with van der Waals surface area (Å²) in [5.74, 6) is 3.96. The van der Waals surface area contributed by atoms with Gasteiger partial charge in [-0.1, -0.05) is 188 Å². The first-order valence-corrected chi connectivity index (χ1v) is 25.3. The van der Waals surface area contributed by atoms with E-state index < -0.39 is 10.8 Å². The van der Waals surface area contributed by atoms with Gasteiger partial charge in [0.05, 0.1) is 22.2 Å². The van der Waals surface area contributed by atoms with E-state index in [9.17, 15) is 0 Å². The number of nitrogens with zero attached hydrogens (tertiary/aromatic N) is 4. The fraction of sp³-hybridized carbons (Fsp3) is 0.0294. The lowest BCUT2D eigenvalue weighted by Gasteiger charge is -2.39. The van der Waals surface area contributed by atoms with E-state index in [0.717, 1.165) is 90.0 Å². The first-order valence-electron chi connectivity index (χ1n) is 25.3. The van der Waals surface area contributed by atoms with Crippen molar-refractivity contribution in [3.05, 3.63) is 287 Å². The minimum absolute atomic E-state index is 0.405. The number of rotatable bonds is 5. The number of fused-ring (bicyclic) bond motifs is 18. The number of hydrogen-bond donors (Lipinski definition) is 0. The molecular formula is C68H40N4O3. The quantitative estimate of drug-likeness (QED) is 0.170. The molecule has 0 atom stereocenters. The molecule has 0 saturated carbocycles. The largest absolute Gasteiger partial charge is 0.457 e. The normalized spacial score (nSPS) is 14.0. The van der Waals surface area contributed by atoms with Crippen LogP contribution in [-0.4, -0.2) is 20.4 Å². The average Bonchev–Trinajstić information content (AvgIpc) is 4.21. The molecule has 75 heavy (non-hydrogen) atoms. The first kappa shape index (κ1) is 41.6. The maximum absolute atomic E-state index is 7.10. The highest BCUT2D eigenvalue weighted by Gasteiger charge is 2.52. The molecule has 4 aliphatic rings. The summed E-state index contributed by atoms with van der Waals surface area (Å²) in [5.41, 5.74) is 20.1. The Balaban J connectivity index is 0.770. The van der Waals surface area contributed by atoms with Gasteiger partial charge in [0.15, 0.2) is 0 Å². The van der Waals surface area contributed by atoms with E-state index in [1.807, 2.05) is 66.7 Å². The van der Waals surface area contributed by atoms with Crippen molar-refractivity contribution < 1.29 is 13.9 Å². The summed E-state index contributed by atoms with van der Waals surface area (Å²) in [4.78, 5) is 0. The van der Waals surface area contributed by atoms with Crippen LogP contribution in [0.15, 0.2) is 247 Å². The number of ether oxygens (including phenoxy) is 2. The molecule has 0 radical (unpaired) electrons. The van der Waals surface area contributed by atoms with E-state index >= 15 is 0 Å². The molecule has 0 saturated heterocycles. The minimum atomic E-state index is -0.629. The topological polar surface area (TPSA) is 83.2 Å². The lowest BCUT2D eigenvalue weighted by molar-refractivity contribution is 0.436. The van der Waals surface area contributed by atoms with Crippen LogP contribution in [0.4, 0.5) is 0 Å². The summed E-state index contributed by atoms with van der Waals surface area (Å²) in [6, 6.07) is 85.3. The molecule has 0 amide bonds. The van der Waals surface area contributed by atoms with Crippen LogP contribution in [0.1, 0.15) is 44.5 Å². The Bertz CT molecular complexity index is 4240. The van der Waals surface area contributed by atoms with Crippen molar-refractivity contribution in [3.63, 3.8) is 0 Å². The van der Waals surface area contributed by atoms with Crippen LogP contribution >= 0.6 is 0 Å². The second kappa shape index (κ2) is 15.8. The second-order valence-electron chi connectivity index (χ2n) is 19.7. The monoisotopic (exact) mass is 960 g/mol. The fourth-order valence-electron chi connectivity index (χ4n) is 12.8. The van der Waals surface area contributed by atoms with E-state index in [1.54, 1.807) is 0 Å². The molecule has 0 fully saturated rings. The van der Waals surface area contributed by atoms with Crippen molar-refractivity contribution in [1.82, 2.24) is 20.4 Å². The molecule has 2 aliphatic carbocycles. The molecule has 4 heterocycles. The van der Waals surface area contributed by atoms with Crippen LogP contribution in [0, 0.1) is 0 Å². The third-order valence-electron chi connectivity index (χ3n) is 15.9. The smallest absolute Gasteiger partial charge is 0.248 e. The van der Waals surface area contributed by atoms with Gasteiger partial charge in [-0.3, -0.25) is 0 Å². The van der Waals surface area contributed by atoms with Crippen LogP contribution in [0.25, 0.3) is 78.8 Å². The molecule has 7 nitrogen and oxygen atoms in total. The van der Waals surface area contributed by atoms with E-state index in [1.165, 1.54) is 44.5 Å². The maximum Gasteiger partial charge on any atom is 0.248 e. The lowest BCUT2D eigenvalue weighted by Crippen LogP contribution is -2.32. The van der Waals surface area contributed by atoms with Crippen molar-refractivity contribution in [2.24, 2.45) is 0 Å². The predicted molar refractivity (Wildman–Crippen MR) is 292 cm³/mol. The molecule has 2 aliphatic heterocycles. The fourth-order valence-corrected chi connectivity index (χ4v) is 12.8. The van der Waals surface area contributed by atoms with Gasteiger partial charge in [-0.25, -0.2) is 0 Å². The van der Waals surface area contributed by atoms with Crippen LogP contribution < -0.4 is 9.47 Å². The zero-order valence-electron chi connectivity index (χ0n) is 40.1. The number of aromatic nitrogens is 4. The molecule has 0 bridgehead atoms. The van der Waals surface area contributed by atoms with Gasteiger partial charge in [-0.15, -0.1) is 20.4 Å². The first-order chi connectivity index (χ1) is 37.1. The summed E-state index contributed by atoms with van der Waals surface area (Å²) < 4.78 is 20.4. The van der Waals surface area contributed by atoms with Crippen LogP contribution in [0.2, 0.25) is 0 Å². The third-order valence-corrected chi connectivity index (χ3v) is 15.9. The summed E-state index contributed by atoms with van der Waals surface area (Å²) in [6.45, 7) is 0. The highest BCUT2D eigenvalue weighted by Crippen LogP contribution is 2.64. The van der Waals surface area contributed by atoms with Gasteiger partial charge in [0.1, 0.15) is 23.0 Å². The van der Waals surface area contributed by atoms with Crippen molar-refractivity contribution >= 4 is 0 Å². The molecule has 0 unspecified atom stereocenters. The summed E-state index contributed by atoms with van der Waals surface area (Å²) >= 11 is 0. The Kier molecular flexibility index (Phi) is 8.74. The van der Waals surface area contributed by atoms with Gasteiger partial charge < -0.3 is 13.9 Å². The predicted octanol–water partition coefficient (Wildman–Crippen LogP) is 16.1.